The Kier molecular flexibility index (Phi) is 5.95. The zero-order valence-corrected chi connectivity index (χ0v) is 18.1. The Labute approximate surface area is 188 Å². The van der Waals surface area contributed by atoms with Crippen molar-refractivity contribution in [3.8, 4) is 0 Å². The number of halogens is 2. The number of nitrogens with zero attached hydrogens (tertiary/aromatic N) is 4. The number of rotatable bonds is 4. The molecule has 8 nitrogen and oxygen atoms in total. The smallest absolute Gasteiger partial charge is 0.293 e. The molecule has 0 N–H and O–H groups in total. The summed E-state index contributed by atoms with van der Waals surface area (Å²) in [5.74, 6) is -0.351. The lowest BCUT2D eigenvalue weighted by molar-refractivity contribution is -0.384. The van der Waals surface area contributed by atoms with Crippen molar-refractivity contribution in [1.82, 2.24) is 0 Å². The predicted molar refractivity (Wildman–Crippen MR) is 121 cm³/mol. The molecule has 1 saturated heterocycles. The second-order valence-electron chi connectivity index (χ2n) is 7.06. The Morgan fingerprint density at radius 2 is 1.87 bits per heavy atom. The first-order chi connectivity index (χ1) is 14.8. The van der Waals surface area contributed by atoms with E-state index in [2.05, 4.69) is 5.10 Å². The number of benzene rings is 2. The summed E-state index contributed by atoms with van der Waals surface area (Å²) in [6, 6.07) is 9.73. The molecule has 0 spiro atoms. The summed E-state index contributed by atoms with van der Waals surface area (Å²) in [6.07, 6.45) is 1.61. The van der Waals surface area contributed by atoms with Crippen LogP contribution in [0.4, 0.5) is 17.1 Å². The molecule has 0 bridgehead atoms. The average Bonchev–Trinajstić information content (AvgIpc) is 3.04. The van der Waals surface area contributed by atoms with E-state index in [1.807, 2.05) is 4.90 Å². The summed E-state index contributed by atoms with van der Waals surface area (Å²) in [5.41, 5.74) is 2.39. The van der Waals surface area contributed by atoms with Gasteiger partial charge in [-0.2, -0.15) is 10.1 Å². The third kappa shape index (κ3) is 4.27. The van der Waals surface area contributed by atoms with Gasteiger partial charge in [0.25, 0.3) is 11.6 Å². The lowest BCUT2D eigenvalue weighted by Crippen LogP contribution is -2.36. The maximum atomic E-state index is 13.0. The minimum absolute atomic E-state index is 0.0161. The molecule has 0 atom stereocenters. The Balaban J connectivity index is 1.65. The van der Waals surface area contributed by atoms with Crippen LogP contribution in [0.2, 0.25) is 10.0 Å². The monoisotopic (exact) mass is 460 g/mol. The van der Waals surface area contributed by atoms with Crippen LogP contribution in [-0.2, 0) is 9.53 Å². The van der Waals surface area contributed by atoms with E-state index in [1.165, 1.54) is 11.1 Å². The predicted octanol–water partition coefficient (Wildman–Crippen LogP) is 4.54. The SMILES string of the molecule is CC1=NN(c2ccc(Cl)c(Cl)c2)C(=O)/C1=C/c1ccc(N2CCOCC2)c([N+](=O)[O-])c1. The Bertz CT molecular complexity index is 1130. The van der Waals surface area contributed by atoms with Crippen molar-refractivity contribution in [2.45, 2.75) is 6.92 Å². The molecule has 0 aromatic heterocycles. The van der Waals surface area contributed by atoms with E-state index < -0.39 is 4.92 Å². The molecular weight excluding hydrogens is 443 g/mol. The number of hydrogen-bond donors (Lipinski definition) is 0. The van der Waals surface area contributed by atoms with Crippen LogP contribution in [0.1, 0.15) is 12.5 Å². The van der Waals surface area contributed by atoms with Crippen molar-refractivity contribution in [3.63, 3.8) is 0 Å². The van der Waals surface area contributed by atoms with Crippen molar-refractivity contribution >= 4 is 58.0 Å². The summed E-state index contributed by atoms with van der Waals surface area (Å²) in [6.45, 7) is 3.93. The van der Waals surface area contributed by atoms with E-state index >= 15 is 0 Å². The molecule has 1 amide bonds. The van der Waals surface area contributed by atoms with Crippen LogP contribution in [0.5, 0.6) is 0 Å². The van der Waals surface area contributed by atoms with E-state index in [1.54, 1.807) is 43.3 Å². The standard InChI is InChI=1S/C21H18Cl2N4O4/c1-13-16(21(28)26(24-13)15-3-4-17(22)18(23)12-15)10-14-2-5-19(20(11-14)27(29)30)25-6-8-31-9-7-25/h2-5,10-12H,6-9H2,1H3/b16-10+. The first-order valence-corrected chi connectivity index (χ1v) is 10.3. The van der Waals surface area contributed by atoms with Gasteiger partial charge in [-0.3, -0.25) is 14.9 Å². The van der Waals surface area contributed by atoms with Gasteiger partial charge in [0, 0.05) is 19.2 Å². The highest BCUT2D eigenvalue weighted by Gasteiger charge is 2.29. The van der Waals surface area contributed by atoms with Gasteiger partial charge in [-0.25, -0.2) is 0 Å². The minimum atomic E-state index is -0.410. The Morgan fingerprint density at radius 3 is 2.55 bits per heavy atom. The van der Waals surface area contributed by atoms with Gasteiger partial charge in [0.2, 0.25) is 0 Å². The lowest BCUT2D eigenvalue weighted by atomic mass is 10.1. The highest BCUT2D eigenvalue weighted by atomic mass is 35.5. The van der Waals surface area contributed by atoms with Crippen LogP contribution in [0, 0.1) is 10.1 Å². The van der Waals surface area contributed by atoms with Gasteiger partial charge in [0.05, 0.1) is 45.2 Å². The van der Waals surface area contributed by atoms with Crippen molar-refractivity contribution < 1.29 is 14.5 Å². The highest BCUT2D eigenvalue weighted by molar-refractivity contribution is 6.42. The summed E-state index contributed by atoms with van der Waals surface area (Å²) in [7, 11) is 0. The third-order valence-corrected chi connectivity index (χ3v) is 5.81. The fourth-order valence-electron chi connectivity index (χ4n) is 3.49. The number of amides is 1. The number of ether oxygens (including phenoxy) is 1. The molecule has 2 aromatic rings. The number of hydrogen-bond acceptors (Lipinski definition) is 6. The summed E-state index contributed by atoms with van der Waals surface area (Å²) in [4.78, 5) is 26.2. The van der Waals surface area contributed by atoms with E-state index in [-0.39, 0.29) is 11.6 Å². The van der Waals surface area contributed by atoms with E-state index in [0.717, 1.165) is 0 Å². The second kappa shape index (κ2) is 8.66. The van der Waals surface area contributed by atoms with Crippen molar-refractivity contribution in [2.24, 2.45) is 5.10 Å². The van der Waals surface area contributed by atoms with Crippen molar-refractivity contribution in [2.75, 3.05) is 36.2 Å². The molecule has 0 unspecified atom stereocenters. The van der Waals surface area contributed by atoms with Crippen LogP contribution in [0.25, 0.3) is 6.08 Å². The Morgan fingerprint density at radius 1 is 1.13 bits per heavy atom. The lowest BCUT2D eigenvalue weighted by Gasteiger charge is -2.28. The number of nitro benzene ring substituents is 1. The highest BCUT2D eigenvalue weighted by Crippen LogP contribution is 2.33. The van der Waals surface area contributed by atoms with Crippen molar-refractivity contribution in [1.29, 1.82) is 0 Å². The van der Waals surface area contributed by atoms with Gasteiger partial charge in [-0.1, -0.05) is 29.3 Å². The normalized spacial score (nSPS) is 18.0. The quantitative estimate of drug-likeness (QED) is 0.379. The molecule has 0 radical (unpaired) electrons. The van der Waals surface area contributed by atoms with Gasteiger partial charge >= 0.3 is 0 Å². The Hall–Kier alpha value is -2.94. The molecule has 2 aromatic carbocycles. The van der Waals surface area contributed by atoms with Crippen molar-refractivity contribution in [3.05, 3.63) is 67.7 Å². The molecule has 4 rings (SSSR count). The summed E-state index contributed by atoms with van der Waals surface area (Å²) < 4.78 is 5.33. The number of carbonyl (C=O) groups is 1. The van der Waals surface area contributed by atoms with Crippen LogP contribution >= 0.6 is 23.2 Å². The molecule has 2 aliphatic heterocycles. The first-order valence-electron chi connectivity index (χ1n) is 9.53. The van der Waals surface area contributed by atoms with Crippen LogP contribution in [-0.4, -0.2) is 42.8 Å². The molecule has 0 aliphatic carbocycles. The second-order valence-corrected chi connectivity index (χ2v) is 7.88. The molecule has 2 aliphatic rings. The van der Waals surface area contributed by atoms with Gasteiger partial charge < -0.3 is 9.64 Å². The molecule has 160 valence electrons. The minimum Gasteiger partial charge on any atom is -0.378 e. The van der Waals surface area contributed by atoms with E-state index in [4.69, 9.17) is 27.9 Å². The molecule has 0 saturated carbocycles. The number of nitro groups is 1. The molecule has 2 heterocycles. The van der Waals surface area contributed by atoms with Crippen LogP contribution in [0.15, 0.2) is 47.1 Å². The molecule has 10 heteroatoms. The van der Waals surface area contributed by atoms with Crippen LogP contribution < -0.4 is 9.91 Å². The third-order valence-electron chi connectivity index (χ3n) is 5.07. The topological polar surface area (TPSA) is 88.3 Å². The van der Waals surface area contributed by atoms with Crippen LogP contribution in [0.3, 0.4) is 0 Å². The zero-order valence-electron chi connectivity index (χ0n) is 16.5. The number of carbonyl (C=O) groups excluding carboxylic acids is 1. The van der Waals surface area contributed by atoms with E-state index in [0.29, 0.717) is 64.6 Å². The fourth-order valence-corrected chi connectivity index (χ4v) is 3.78. The first kappa shape index (κ1) is 21.3. The van der Waals surface area contributed by atoms with Gasteiger partial charge in [-0.05, 0) is 42.8 Å². The number of hydrazone groups is 1. The van der Waals surface area contributed by atoms with E-state index in [9.17, 15) is 14.9 Å². The zero-order chi connectivity index (χ0) is 22.1. The maximum absolute atomic E-state index is 13.0. The van der Waals surface area contributed by atoms with Gasteiger partial charge in [-0.15, -0.1) is 0 Å². The fraction of sp³-hybridized carbons (Fsp3) is 0.238. The number of anilines is 2. The molecule has 31 heavy (non-hydrogen) atoms. The average molecular weight is 461 g/mol. The summed E-state index contributed by atoms with van der Waals surface area (Å²) >= 11 is 12.0. The molecular formula is C21H18Cl2N4O4. The largest absolute Gasteiger partial charge is 0.378 e. The molecule has 1 fully saturated rings. The summed E-state index contributed by atoms with van der Waals surface area (Å²) in [5, 5.41) is 17.9. The maximum Gasteiger partial charge on any atom is 0.293 e. The van der Waals surface area contributed by atoms with Gasteiger partial charge in [0.15, 0.2) is 0 Å². The van der Waals surface area contributed by atoms with Gasteiger partial charge in [0.1, 0.15) is 5.69 Å². The number of morpholine rings is 1.